The molecule has 0 N–H and O–H groups in total. The van der Waals surface area contributed by atoms with E-state index in [1.54, 1.807) is 0 Å². The van der Waals surface area contributed by atoms with Crippen LogP contribution in [0.3, 0.4) is 0 Å². The Morgan fingerprint density at radius 2 is 1.64 bits per heavy atom. The third kappa shape index (κ3) is 2.51. The van der Waals surface area contributed by atoms with Crippen LogP contribution in [0.4, 0.5) is 5.82 Å². The second kappa shape index (κ2) is 5.19. The molecule has 4 nitrogen and oxygen atoms in total. The van der Waals surface area contributed by atoms with E-state index >= 15 is 0 Å². The van der Waals surface area contributed by atoms with Crippen molar-refractivity contribution in [1.82, 2.24) is 15.1 Å². The molecule has 3 aliphatic rings. The van der Waals surface area contributed by atoms with Gasteiger partial charge in [-0.25, -0.2) is 0 Å². The predicted octanol–water partition coefficient (Wildman–Crippen LogP) is 2.69. The number of hydrogen-bond acceptors (Lipinski definition) is 4. The molecular weight excluding hydrogens is 272 g/mol. The van der Waals surface area contributed by atoms with E-state index in [0.717, 1.165) is 42.5 Å². The molecule has 22 heavy (non-hydrogen) atoms. The minimum atomic E-state index is 0.0797. The average Bonchev–Trinajstić information content (AvgIpc) is 2.97. The van der Waals surface area contributed by atoms with Crippen LogP contribution < -0.4 is 4.90 Å². The summed E-state index contributed by atoms with van der Waals surface area (Å²) in [6.07, 6.45) is 4.41. The maximum Gasteiger partial charge on any atom is 0.151 e. The Balaban J connectivity index is 1.33. The number of fused-ring (bicyclic) bond motifs is 1. The van der Waals surface area contributed by atoms with Crippen LogP contribution in [0.2, 0.25) is 0 Å². The van der Waals surface area contributed by atoms with Crippen LogP contribution in [0.25, 0.3) is 0 Å². The minimum Gasteiger partial charge on any atom is -0.352 e. The van der Waals surface area contributed by atoms with Crippen molar-refractivity contribution in [2.45, 2.75) is 51.5 Å². The van der Waals surface area contributed by atoms with E-state index in [1.807, 2.05) is 0 Å². The van der Waals surface area contributed by atoms with Crippen LogP contribution in [0, 0.1) is 11.8 Å². The molecule has 3 heterocycles. The number of rotatable bonds is 2. The summed E-state index contributed by atoms with van der Waals surface area (Å²) >= 11 is 0. The van der Waals surface area contributed by atoms with Gasteiger partial charge in [0.1, 0.15) is 0 Å². The largest absolute Gasteiger partial charge is 0.352 e. The van der Waals surface area contributed by atoms with Gasteiger partial charge < -0.3 is 4.90 Å². The smallest absolute Gasteiger partial charge is 0.151 e. The molecule has 4 heteroatoms. The van der Waals surface area contributed by atoms with Crippen molar-refractivity contribution in [2.75, 3.05) is 31.1 Å². The maximum absolute atomic E-state index is 4.44. The Morgan fingerprint density at radius 1 is 0.955 bits per heavy atom. The first-order valence-corrected chi connectivity index (χ1v) is 8.84. The maximum atomic E-state index is 4.44. The second-order valence-electron chi connectivity index (χ2n) is 8.49. The molecule has 3 fully saturated rings. The van der Waals surface area contributed by atoms with Crippen molar-refractivity contribution in [1.29, 1.82) is 0 Å². The van der Waals surface area contributed by atoms with Gasteiger partial charge in [0.25, 0.3) is 0 Å². The lowest BCUT2D eigenvalue weighted by atomic mass is 9.92. The van der Waals surface area contributed by atoms with Crippen molar-refractivity contribution in [3.05, 3.63) is 17.8 Å². The summed E-state index contributed by atoms with van der Waals surface area (Å²) in [6.45, 7) is 11.5. The molecular formula is C18H28N4. The highest BCUT2D eigenvalue weighted by atomic mass is 15.4. The number of anilines is 1. The Kier molecular flexibility index (Phi) is 3.40. The normalized spacial score (nSPS) is 29.7. The summed E-state index contributed by atoms with van der Waals surface area (Å²) in [4.78, 5) is 5.11. The lowest BCUT2D eigenvalue weighted by Gasteiger charge is -2.45. The summed E-state index contributed by atoms with van der Waals surface area (Å²) in [6, 6.07) is 5.02. The molecule has 4 rings (SSSR count). The highest BCUT2D eigenvalue weighted by molar-refractivity contribution is 5.42. The Hall–Kier alpha value is -1.16. The quantitative estimate of drug-likeness (QED) is 0.840. The zero-order valence-corrected chi connectivity index (χ0v) is 14.1. The second-order valence-corrected chi connectivity index (χ2v) is 8.49. The summed E-state index contributed by atoms with van der Waals surface area (Å²) < 4.78 is 0. The standard InChI is InChI=1S/C18H28N4/c1-18(2,3)16-7-8-17(20-19-16)22-11-15(12-22)21-9-13-5-4-6-14(13)10-21/h7-8,13-15H,4-6,9-12H2,1-3H3. The molecule has 2 atom stereocenters. The van der Waals surface area contributed by atoms with E-state index in [2.05, 4.69) is 52.9 Å². The van der Waals surface area contributed by atoms with Gasteiger partial charge in [0, 0.05) is 37.6 Å². The van der Waals surface area contributed by atoms with Gasteiger partial charge in [0.2, 0.25) is 0 Å². The molecule has 1 aliphatic carbocycles. The van der Waals surface area contributed by atoms with Gasteiger partial charge in [-0.3, -0.25) is 4.90 Å². The molecule has 2 unspecified atom stereocenters. The fourth-order valence-corrected chi connectivity index (χ4v) is 4.34. The zero-order chi connectivity index (χ0) is 15.3. The van der Waals surface area contributed by atoms with Crippen molar-refractivity contribution in [3.63, 3.8) is 0 Å². The zero-order valence-electron chi connectivity index (χ0n) is 14.1. The molecule has 0 amide bonds. The first-order chi connectivity index (χ1) is 10.5. The van der Waals surface area contributed by atoms with Crippen molar-refractivity contribution in [3.8, 4) is 0 Å². The van der Waals surface area contributed by atoms with Crippen LogP contribution in [0.15, 0.2) is 12.1 Å². The predicted molar refractivity (Wildman–Crippen MR) is 89.1 cm³/mol. The molecule has 1 saturated carbocycles. The molecule has 0 bridgehead atoms. The Bertz CT molecular complexity index is 515. The van der Waals surface area contributed by atoms with Gasteiger partial charge >= 0.3 is 0 Å². The van der Waals surface area contributed by atoms with E-state index in [-0.39, 0.29) is 5.41 Å². The first-order valence-electron chi connectivity index (χ1n) is 8.84. The lowest BCUT2D eigenvalue weighted by molar-refractivity contribution is 0.189. The number of aromatic nitrogens is 2. The first kappa shape index (κ1) is 14.4. The molecule has 0 radical (unpaired) electrons. The van der Waals surface area contributed by atoms with E-state index in [1.165, 1.54) is 32.4 Å². The third-order valence-corrected chi connectivity index (χ3v) is 5.88. The van der Waals surface area contributed by atoms with Gasteiger partial charge in [-0.2, -0.15) is 5.10 Å². The fourth-order valence-electron chi connectivity index (χ4n) is 4.34. The monoisotopic (exact) mass is 300 g/mol. The topological polar surface area (TPSA) is 32.3 Å². The van der Waals surface area contributed by atoms with Gasteiger partial charge in [0.15, 0.2) is 5.82 Å². The van der Waals surface area contributed by atoms with E-state index in [0.29, 0.717) is 0 Å². The van der Waals surface area contributed by atoms with Crippen molar-refractivity contribution in [2.24, 2.45) is 11.8 Å². The summed E-state index contributed by atoms with van der Waals surface area (Å²) in [5.41, 5.74) is 1.15. The SMILES string of the molecule is CC(C)(C)c1ccc(N2CC(N3CC4CCCC4C3)C2)nn1. The van der Waals surface area contributed by atoms with Crippen LogP contribution in [0.1, 0.15) is 45.7 Å². The molecule has 2 aliphatic heterocycles. The minimum absolute atomic E-state index is 0.0797. The Labute approximate surface area is 133 Å². The fraction of sp³-hybridized carbons (Fsp3) is 0.778. The van der Waals surface area contributed by atoms with Crippen LogP contribution in [-0.2, 0) is 5.41 Å². The average molecular weight is 300 g/mol. The number of hydrogen-bond donors (Lipinski definition) is 0. The highest BCUT2D eigenvalue weighted by Crippen LogP contribution is 2.39. The summed E-state index contributed by atoms with van der Waals surface area (Å²) in [7, 11) is 0. The van der Waals surface area contributed by atoms with Crippen LogP contribution in [-0.4, -0.2) is 47.3 Å². The van der Waals surface area contributed by atoms with Crippen LogP contribution >= 0.6 is 0 Å². The molecule has 2 saturated heterocycles. The van der Waals surface area contributed by atoms with Crippen molar-refractivity contribution >= 4 is 5.82 Å². The highest BCUT2D eigenvalue weighted by Gasteiger charge is 2.42. The molecule has 1 aromatic heterocycles. The molecule has 0 aromatic carbocycles. The molecule has 120 valence electrons. The number of likely N-dealkylation sites (tertiary alicyclic amines) is 1. The van der Waals surface area contributed by atoms with E-state index in [4.69, 9.17) is 0 Å². The van der Waals surface area contributed by atoms with Crippen LogP contribution in [0.5, 0.6) is 0 Å². The summed E-state index contributed by atoms with van der Waals surface area (Å²) in [5, 5.41) is 8.86. The lowest BCUT2D eigenvalue weighted by Crippen LogP contribution is -2.59. The van der Waals surface area contributed by atoms with Crippen molar-refractivity contribution < 1.29 is 0 Å². The van der Waals surface area contributed by atoms with E-state index in [9.17, 15) is 0 Å². The van der Waals surface area contributed by atoms with Gasteiger partial charge in [-0.05, 0) is 36.8 Å². The molecule has 1 aromatic rings. The third-order valence-electron chi connectivity index (χ3n) is 5.88. The summed E-state index contributed by atoms with van der Waals surface area (Å²) in [5.74, 6) is 3.04. The number of nitrogens with zero attached hydrogens (tertiary/aromatic N) is 4. The van der Waals surface area contributed by atoms with Gasteiger partial charge in [0.05, 0.1) is 5.69 Å². The van der Waals surface area contributed by atoms with E-state index < -0.39 is 0 Å². The Morgan fingerprint density at radius 3 is 2.18 bits per heavy atom. The van der Waals surface area contributed by atoms with Gasteiger partial charge in [-0.1, -0.05) is 27.2 Å². The van der Waals surface area contributed by atoms with Gasteiger partial charge in [-0.15, -0.1) is 5.10 Å². The molecule has 0 spiro atoms.